The molecule has 23 heavy (non-hydrogen) atoms. The highest BCUT2D eigenvalue weighted by Crippen LogP contribution is 2.28. The zero-order valence-corrected chi connectivity index (χ0v) is 14.8. The van der Waals surface area contributed by atoms with Gasteiger partial charge in [0.25, 0.3) is 0 Å². The fourth-order valence-electron chi connectivity index (χ4n) is 3.12. The van der Waals surface area contributed by atoms with Gasteiger partial charge >= 0.3 is 5.97 Å². The first-order valence-electron chi connectivity index (χ1n) is 8.44. The fourth-order valence-corrected chi connectivity index (χ4v) is 3.12. The number of carbonyl (C=O) groups is 1. The monoisotopic (exact) mass is 319 g/mol. The standard InChI is InChI=1S/C19H29NO3/c1-19(2,3)16-5-6-17(23-4)15(13-16)9-12-20-10-7-14(8-11-20)18(21)22/h5-6,13-14H,7-12H2,1-4H3,(H,21,22). The van der Waals surface area contributed by atoms with Gasteiger partial charge in [-0.2, -0.15) is 0 Å². The number of hydrogen-bond acceptors (Lipinski definition) is 3. The lowest BCUT2D eigenvalue weighted by Gasteiger charge is -2.30. The number of nitrogens with zero attached hydrogens (tertiary/aromatic N) is 1. The highest BCUT2D eigenvalue weighted by Gasteiger charge is 2.24. The van der Waals surface area contributed by atoms with E-state index in [9.17, 15) is 4.79 Å². The van der Waals surface area contributed by atoms with E-state index < -0.39 is 5.97 Å². The van der Waals surface area contributed by atoms with E-state index in [0.717, 1.165) is 44.6 Å². The summed E-state index contributed by atoms with van der Waals surface area (Å²) < 4.78 is 5.51. The predicted octanol–water partition coefficient (Wildman–Crippen LogP) is 3.33. The van der Waals surface area contributed by atoms with E-state index >= 15 is 0 Å². The second kappa shape index (κ2) is 7.35. The molecule has 0 atom stereocenters. The lowest BCUT2D eigenvalue weighted by atomic mass is 9.85. The Morgan fingerprint density at radius 2 is 1.96 bits per heavy atom. The Labute approximate surface area is 139 Å². The van der Waals surface area contributed by atoms with Crippen LogP contribution in [-0.2, 0) is 16.6 Å². The van der Waals surface area contributed by atoms with Crippen molar-refractivity contribution < 1.29 is 14.6 Å². The third-order valence-electron chi connectivity index (χ3n) is 4.78. The summed E-state index contributed by atoms with van der Waals surface area (Å²) in [6, 6.07) is 6.45. The van der Waals surface area contributed by atoms with Crippen LogP contribution in [-0.4, -0.2) is 42.7 Å². The summed E-state index contributed by atoms with van der Waals surface area (Å²) >= 11 is 0. The Hall–Kier alpha value is -1.55. The van der Waals surface area contributed by atoms with Crippen molar-refractivity contribution in [1.82, 2.24) is 4.90 Å². The van der Waals surface area contributed by atoms with Gasteiger partial charge in [-0.15, -0.1) is 0 Å². The van der Waals surface area contributed by atoms with E-state index in [-0.39, 0.29) is 11.3 Å². The molecule has 4 heteroatoms. The molecule has 0 spiro atoms. The Kier molecular flexibility index (Phi) is 5.69. The van der Waals surface area contributed by atoms with Crippen molar-refractivity contribution in [2.45, 2.75) is 45.4 Å². The molecule has 1 N–H and O–H groups in total. The van der Waals surface area contributed by atoms with Crippen LogP contribution < -0.4 is 4.74 Å². The lowest BCUT2D eigenvalue weighted by Crippen LogP contribution is -2.37. The van der Waals surface area contributed by atoms with Crippen LogP contribution in [0.25, 0.3) is 0 Å². The Balaban J connectivity index is 1.98. The Bertz CT molecular complexity index is 540. The number of likely N-dealkylation sites (tertiary alicyclic amines) is 1. The molecule has 2 rings (SSSR count). The van der Waals surface area contributed by atoms with Gasteiger partial charge in [0, 0.05) is 6.54 Å². The molecule has 0 saturated carbocycles. The molecule has 1 fully saturated rings. The van der Waals surface area contributed by atoms with E-state index in [2.05, 4.69) is 43.9 Å². The molecule has 1 saturated heterocycles. The molecule has 1 aromatic carbocycles. The minimum Gasteiger partial charge on any atom is -0.496 e. The SMILES string of the molecule is COc1ccc(C(C)(C)C)cc1CCN1CCC(C(=O)O)CC1. The van der Waals surface area contributed by atoms with Gasteiger partial charge in [-0.25, -0.2) is 0 Å². The predicted molar refractivity (Wildman–Crippen MR) is 92.2 cm³/mol. The highest BCUT2D eigenvalue weighted by molar-refractivity contribution is 5.70. The maximum absolute atomic E-state index is 11.0. The molecule has 0 aromatic heterocycles. The zero-order chi connectivity index (χ0) is 17.0. The smallest absolute Gasteiger partial charge is 0.306 e. The molecule has 0 aliphatic carbocycles. The summed E-state index contributed by atoms with van der Waals surface area (Å²) in [4.78, 5) is 13.4. The summed E-state index contributed by atoms with van der Waals surface area (Å²) in [5.41, 5.74) is 2.68. The number of rotatable bonds is 5. The van der Waals surface area contributed by atoms with Crippen molar-refractivity contribution >= 4 is 5.97 Å². The maximum Gasteiger partial charge on any atom is 0.306 e. The van der Waals surface area contributed by atoms with E-state index in [0.29, 0.717) is 0 Å². The summed E-state index contributed by atoms with van der Waals surface area (Å²) in [6.45, 7) is 9.35. The second-order valence-corrected chi connectivity index (χ2v) is 7.48. The molecular weight excluding hydrogens is 290 g/mol. The molecule has 0 amide bonds. The van der Waals surface area contributed by atoms with Gasteiger partial charge in [0.15, 0.2) is 0 Å². The molecule has 1 heterocycles. The lowest BCUT2D eigenvalue weighted by molar-refractivity contribution is -0.143. The summed E-state index contributed by atoms with van der Waals surface area (Å²) in [5.74, 6) is 0.132. The van der Waals surface area contributed by atoms with Crippen LogP contribution in [0.4, 0.5) is 0 Å². The van der Waals surface area contributed by atoms with Crippen LogP contribution in [0.2, 0.25) is 0 Å². The molecule has 4 nitrogen and oxygen atoms in total. The zero-order valence-electron chi connectivity index (χ0n) is 14.8. The molecule has 128 valence electrons. The first kappa shape index (κ1) is 17.8. The third kappa shape index (κ3) is 4.71. The van der Waals surface area contributed by atoms with E-state index in [1.807, 2.05) is 0 Å². The molecule has 1 aromatic rings. The Morgan fingerprint density at radius 1 is 1.30 bits per heavy atom. The molecule has 0 bridgehead atoms. The maximum atomic E-state index is 11.0. The second-order valence-electron chi connectivity index (χ2n) is 7.48. The van der Waals surface area contributed by atoms with Gasteiger partial charge in [-0.3, -0.25) is 4.79 Å². The summed E-state index contributed by atoms with van der Waals surface area (Å²) in [6.07, 6.45) is 2.45. The number of carboxylic acids is 1. The summed E-state index contributed by atoms with van der Waals surface area (Å²) in [5, 5.41) is 9.07. The topological polar surface area (TPSA) is 49.8 Å². The van der Waals surface area contributed by atoms with Gasteiger partial charge < -0.3 is 14.7 Å². The fraction of sp³-hybridized carbons (Fsp3) is 0.632. The Morgan fingerprint density at radius 3 is 2.48 bits per heavy atom. The number of piperidine rings is 1. The van der Waals surface area contributed by atoms with Crippen molar-refractivity contribution in [2.24, 2.45) is 5.92 Å². The van der Waals surface area contributed by atoms with E-state index in [1.165, 1.54) is 11.1 Å². The van der Waals surface area contributed by atoms with Gasteiger partial charge in [0.1, 0.15) is 5.75 Å². The minimum atomic E-state index is -0.649. The normalized spacial score (nSPS) is 17.2. The van der Waals surface area contributed by atoms with Gasteiger partial charge in [-0.1, -0.05) is 32.9 Å². The van der Waals surface area contributed by atoms with Gasteiger partial charge in [-0.05, 0) is 55.0 Å². The van der Waals surface area contributed by atoms with Crippen molar-refractivity contribution in [2.75, 3.05) is 26.7 Å². The number of carboxylic acid groups (broad SMARTS) is 1. The summed E-state index contributed by atoms with van der Waals surface area (Å²) in [7, 11) is 1.72. The first-order chi connectivity index (χ1) is 10.8. The van der Waals surface area contributed by atoms with Crippen LogP contribution in [0.3, 0.4) is 0 Å². The van der Waals surface area contributed by atoms with Crippen LogP contribution in [0, 0.1) is 5.92 Å². The average Bonchev–Trinajstić information content (AvgIpc) is 2.52. The van der Waals surface area contributed by atoms with Crippen LogP contribution in [0.5, 0.6) is 5.75 Å². The highest BCUT2D eigenvalue weighted by atomic mass is 16.5. The van der Waals surface area contributed by atoms with Gasteiger partial charge in [0.2, 0.25) is 0 Å². The van der Waals surface area contributed by atoms with Crippen molar-refractivity contribution in [1.29, 1.82) is 0 Å². The molecule has 1 aliphatic rings. The third-order valence-corrected chi connectivity index (χ3v) is 4.78. The van der Waals surface area contributed by atoms with Crippen LogP contribution in [0.1, 0.15) is 44.7 Å². The van der Waals surface area contributed by atoms with Crippen LogP contribution in [0.15, 0.2) is 18.2 Å². The average molecular weight is 319 g/mol. The van der Waals surface area contributed by atoms with E-state index in [4.69, 9.17) is 9.84 Å². The number of aliphatic carboxylic acids is 1. The molecule has 0 radical (unpaired) electrons. The van der Waals surface area contributed by atoms with Gasteiger partial charge in [0.05, 0.1) is 13.0 Å². The first-order valence-corrected chi connectivity index (χ1v) is 8.44. The minimum absolute atomic E-state index is 0.126. The molecule has 1 aliphatic heterocycles. The number of benzene rings is 1. The number of methoxy groups -OCH3 is 1. The number of ether oxygens (including phenoxy) is 1. The number of hydrogen-bond donors (Lipinski definition) is 1. The van der Waals surface area contributed by atoms with E-state index in [1.54, 1.807) is 7.11 Å². The van der Waals surface area contributed by atoms with Crippen LogP contribution >= 0.6 is 0 Å². The van der Waals surface area contributed by atoms with Crippen molar-refractivity contribution in [3.8, 4) is 5.75 Å². The molecule has 0 unspecified atom stereocenters. The largest absolute Gasteiger partial charge is 0.496 e. The molecular formula is C19H29NO3. The van der Waals surface area contributed by atoms with Crippen molar-refractivity contribution in [3.05, 3.63) is 29.3 Å². The van der Waals surface area contributed by atoms with Crippen molar-refractivity contribution in [3.63, 3.8) is 0 Å². The quantitative estimate of drug-likeness (QED) is 0.904.